The number of aliphatic carboxylic acids is 1. The van der Waals surface area contributed by atoms with Gasteiger partial charge in [0.25, 0.3) is 0 Å². The Bertz CT molecular complexity index is 276. The summed E-state index contributed by atoms with van der Waals surface area (Å²) in [6.07, 6.45) is 3.08. The highest BCUT2D eigenvalue weighted by Crippen LogP contribution is 2.18. The lowest BCUT2D eigenvalue weighted by Crippen LogP contribution is -2.52. The zero-order valence-electron chi connectivity index (χ0n) is 9.88. The molecule has 0 heterocycles. The molecular formula is C11H20N2O3. The molecule has 16 heavy (non-hydrogen) atoms. The van der Waals surface area contributed by atoms with Crippen LogP contribution >= 0.6 is 0 Å². The molecule has 1 atom stereocenters. The number of carboxylic acid groups (broad SMARTS) is 1. The van der Waals surface area contributed by atoms with Crippen molar-refractivity contribution in [3.05, 3.63) is 0 Å². The summed E-state index contributed by atoms with van der Waals surface area (Å²) in [7, 11) is 0. The molecule has 0 saturated heterocycles. The summed E-state index contributed by atoms with van der Waals surface area (Å²) >= 11 is 0. The molecule has 1 aliphatic carbocycles. The standard InChI is InChI=1S/C11H20N2O3/c1-3-11(2,10(15)16)13-9(14)6-7-12-8-4-5-8/h8,12H,3-7H2,1-2H3,(H,13,14)(H,15,16). The summed E-state index contributed by atoms with van der Waals surface area (Å²) in [4.78, 5) is 22.5. The Morgan fingerprint density at radius 3 is 2.50 bits per heavy atom. The molecule has 0 bridgehead atoms. The molecule has 92 valence electrons. The number of carbonyl (C=O) groups excluding carboxylic acids is 1. The first-order chi connectivity index (χ1) is 7.48. The number of hydrogen-bond acceptors (Lipinski definition) is 3. The predicted molar refractivity (Wildman–Crippen MR) is 60.1 cm³/mol. The van der Waals surface area contributed by atoms with Gasteiger partial charge in [0, 0.05) is 19.0 Å². The average molecular weight is 228 g/mol. The first-order valence-electron chi connectivity index (χ1n) is 5.75. The van der Waals surface area contributed by atoms with E-state index in [4.69, 9.17) is 5.11 Å². The van der Waals surface area contributed by atoms with Crippen LogP contribution in [0, 0.1) is 0 Å². The number of hydrogen-bond donors (Lipinski definition) is 3. The van der Waals surface area contributed by atoms with Crippen molar-refractivity contribution in [2.24, 2.45) is 0 Å². The fraction of sp³-hybridized carbons (Fsp3) is 0.818. The topological polar surface area (TPSA) is 78.4 Å². The smallest absolute Gasteiger partial charge is 0.329 e. The highest BCUT2D eigenvalue weighted by molar-refractivity contribution is 5.86. The molecule has 5 nitrogen and oxygen atoms in total. The van der Waals surface area contributed by atoms with Crippen molar-refractivity contribution in [3.63, 3.8) is 0 Å². The maximum Gasteiger partial charge on any atom is 0.329 e. The Labute approximate surface area is 95.6 Å². The number of carbonyl (C=O) groups is 2. The van der Waals surface area contributed by atoms with Crippen molar-refractivity contribution >= 4 is 11.9 Å². The van der Waals surface area contributed by atoms with Crippen LogP contribution in [0.2, 0.25) is 0 Å². The number of amides is 1. The monoisotopic (exact) mass is 228 g/mol. The largest absolute Gasteiger partial charge is 0.480 e. The third-order valence-corrected chi connectivity index (χ3v) is 2.96. The summed E-state index contributed by atoms with van der Waals surface area (Å²) in [5, 5.41) is 14.7. The number of nitrogens with one attached hydrogen (secondary N) is 2. The van der Waals surface area contributed by atoms with E-state index in [1.54, 1.807) is 6.92 Å². The lowest BCUT2D eigenvalue weighted by molar-refractivity contribution is -0.147. The molecule has 0 aromatic heterocycles. The second-order valence-electron chi connectivity index (χ2n) is 4.52. The Hall–Kier alpha value is -1.10. The molecule has 0 radical (unpaired) electrons. The van der Waals surface area contributed by atoms with Crippen molar-refractivity contribution in [2.45, 2.75) is 51.1 Å². The zero-order valence-corrected chi connectivity index (χ0v) is 9.88. The van der Waals surface area contributed by atoms with Crippen LogP contribution in [0.15, 0.2) is 0 Å². The molecule has 0 spiro atoms. The summed E-state index contributed by atoms with van der Waals surface area (Å²) in [6.45, 7) is 3.90. The minimum absolute atomic E-state index is 0.208. The molecule has 5 heteroatoms. The highest BCUT2D eigenvalue weighted by atomic mass is 16.4. The zero-order chi connectivity index (χ0) is 12.2. The maximum atomic E-state index is 11.5. The Morgan fingerprint density at radius 2 is 2.06 bits per heavy atom. The van der Waals surface area contributed by atoms with Gasteiger partial charge in [0.1, 0.15) is 5.54 Å². The van der Waals surface area contributed by atoms with Crippen molar-refractivity contribution in [3.8, 4) is 0 Å². The first-order valence-corrected chi connectivity index (χ1v) is 5.75. The van der Waals surface area contributed by atoms with Gasteiger partial charge in [-0.05, 0) is 26.2 Å². The van der Waals surface area contributed by atoms with Crippen LogP contribution in [0.1, 0.15) is 39.5 Å². The Balaban J connectivity index is 2.27. The molecular weight excluding hydrogens is 208 g/mol. The van der Waals surface area contributed by atoms with E-state index in [0.29, 0.717) is 25.4 Å². The van der Waals surface area contributed by atoms with E-state index in [9.17, 15) is 9.59 Å². The second kappa shape index (κ2) is 5.30. The van der Waals surface area contributed by atoms with Gasteiger partial charge in [0.05, 0.1) is 0 Å². The fourth-order valence-electron chi connectivity index (χ4n) is 1.34. The molecule has 1 aliphatic rings. The Morgan fingerprint density at radius 1 is 1.44 bits per heavy atom. The van der Waals surface area contributed by atoms with Crippen LogP contribution in [-0.4, -0.2) is 35.1 Å². The molecule has 0 aliphatic heterocycles. The lowest BCUT2D eigenvalue weighted by Gasteiger charge is -2.24. The molecule has 1 rings (SSSR count). The van der Waals surface area contributed by atoms with Crippen molar-refractivity contribution < 1.29 is 14.7 Å². The fourth-order valence-corrected chi connectivity index (χ4v) is 1.34. The minimum Gasteiger partial charge on any atom is -0.480 e. The van der Waals surface area contributed by atoms with E-state index in [-0.39, 0.29) is 5.91 Å². The SMILES string of the molecule is CCC(C)(NC(=O)CCNC1CC1)C(=O)O. The van der Waals surface area contributed by atoms with Crippen LogP contribution < -0.4 is 10.6 Å². The first kappa shape index (κ1) is 13.0. The molecule has 0 aromatic carbocycles. The third kappa shape index (κ3) is 3.81. The summed E-state index contributed by atoms with van der Waals surface area (Å²) < 4.78 is 0. The minimum atomic E-state index is -1.14. The van der Waals surface area contributed by atoms with E-state index in [1.807, 2.05) is 0 Å². The van der Waals surface area contributed by atoms with Crippen molar-refractivity contribution in [1.82, 2.24) is 10.6 Å². The molecule has 1 amide bonds. The van der Waals surface area contributed by atoms with Crippen LogP contribution in [0.4, 0.5) is 0 Å². The quantitative estimate of drug-likeness (QED) is 0.593. The molecule has 0 aromatic rings. The van der Waals surface area contributed by atoms with Crippen molar-refractivity contribution in [1.29, 1.82) is 0 Å². The molecule has 1 fully saturated rings. The van der Waals surface area contributed by atoms with E-state index < -0.39 is 11.5 Å². The summed E-state index contributed by atoms with van der Waals surface area (Å²) in [5.41, 5.74) is -1.14. The van der Waals surface area contributed by atoms with Crippen LogP contribution in [-0.2, 0) is 9.59 Å². The third-order valence-electron chi connectivity index (χ3n) is 2.96. The van der Waals surface area contributed by atoms with Gasteiger partial charge in [0.2, 0.25) is 5.91 Å². The average Bonchev–Trinajstić information content (AvgIpc) is 3.01. The van der Waals surface area contributed by atoms with E-state index in [1.165, 1.54) is 19.8 Å². The van der Waals surface area contributed by atoms with Crippen LogP contribution in [0.5, 0.6) is 0 Å². The summed E-state index contributed by atoms with van der Waals surface area (Å²) in [6, 6.07) is 0.574. The predicted octanol–water partition coefficient (Wildman–Crippen LogP) is 0.498. The number of rotatable bonds is 7. The second-order valence-corrected chi connectivity index (χ2v) is 4.52. The van der Waals surface area contributed by atoms with E-state index in [2.05, 4.69) is 10.6 Å². The lowest BCUT2D eigenvalue weighted by atomic mass is 9.99. The van der Waals surface area contributed by atoms with Gasteiger partial charge >= 0.3 is 5.97 Å². The normalized spacial score (nSPS) is 18.9. The van der Waals surface area contributed by atoms with Gasteiger partial charge in [-0.15, -0.1) is 0 Å². The van der Waals surface area contributed by atoms with Gasteiger partial charge < -0.3 is 15.7 Å². The summed E-state index contributed by atoms with van der Waals surface area (Å²) in [5.74, 6) is -1.20. The van der Waals surface area contributed by atoms with Gasteiger partial charge in [-0.25, -0.2) is 4.79 Å². The maximum absolute atomic E-state index is 11.5. The molecule has 3 N–H and O–H groups in total. The van der Waals surface area contributed by atoms with Gasteiger partial charge in [-0.3, -0.25) is 4.79 Å². The highest BCUT2D eigenvalue weighted by Gasteiger charge is 2.32. The molecule has 1 unspecified atom stereocenters. The Kier molecular flexibility index (Phi) is 4.29. The van der Waals surface area contributed by atoms with Crippen LogP contribution in [0.3, 0.4) is 0 Å². The van der Waals surface area contributed by atoms with E-state index >= 15 is 0 Å². The van der Waals surface area contributed by atoms with Gasteiger partial charge in [0.15, 0.2) is 0 Å². The van der Waals surface area contributed by atoms with Gasteiger partial charge in [-0.1, -0.05) is 6.92 Å². The van der Waals surface area contributed by atoms with Crippen molar-refractivity contribution in [2.75, 3.05) is 6.54 Å². The molecule has 1 saturated carbocycles. The number of carboxylic acids is 1. The van der Waals surface area contributed by atoms with Gasteiger partial charge in [-0.2, -0.15) is 0 Å². The van der Waals surface area contributed by atoms with Crippen LogP contribution in [0.25, 0.3) is 0 Å². The van der Waals surface area contributed by atoms with E-state index in [0.717, 1.165) is 0 Å².